The van der Waals surface area contributed by atoms with Gasteiger partial charge in [0.15, 0.2) is 11.9 Å². The summed E-state index contributed by atoms with van der Waals surface area (Å²) in [5.41, 5.74) is 0.805. The number of ketones is 1. The van der Waals surface area contributed by atoms with E-state index in [4.69, 9.17) is 4.74 Å². The quantitative estimate of drug-likeness (QED) is 0.630. The molecule has 0 bridgehead atoms. The summed E-state index contributed by atoms with van der Waals surface area (Å²) in [5.74, 6) is -0.538. The van der Waals surface area contributed by atoms with Crippen molar-refractivity contribution in [2.75, 3.05) is 0 Å². The van der Waals surface area contributed by atoms with E-state index in [9.17, 15) is 9.59 Å². The first kappa shape index (κ1) is 13.3. The first-order chi connectivity index (χ1) is 10.7. The van der Waals surface area contributed by atoms with Crippen LogP contribution in [0.4, 0.5) is 0 Å². The van der Waals surface area contributed by atoms with Gasteiger partial charge in [-0.25, -0.2) is 0 Å². The number of carbonyl (C=O) groups excluding carboxylic acids is 2. The van der Waals surface area contributed by atoms with E-state index in [1.54, 1.807) is 0 Å². The maximum absolute atomic E-state index is 12.9. The van der Waals surface area contributed by atoms with Crippen LogP contribution in [-0.2, 0) is 14.3 Å². The van der Waals surface area contributed by atoms with Crippen LogP contribution in [0.1, 0.15) is 30.1 Å². The van der Waals surface area contributed by atoms with Gasteiger partial charge in [0, 0.05) is 11.5 Å². The molecule has 2 unspecified atom stereocenters. The molecule has 4 rings (SSSR count). The van der Waals surface area contributed by atoms with Crippen molar-refractivity contribution in [2.45, 2.75) is 18.9 Å². The Kier molecular flexibility index (Phi) is 2.73. The lowest BCUT2D eigenvalue weighted by Crippen LogP contribution is -2.21. The Hall–Kier alpha value is -2.42. The molecule has 2 aromatic carbocycles. The van der Waals surface area contributed by atoms with Crippen molar-refractivity contribution in [2.24, 2.45) is 11.3 Å². The topological polar surface area (TPSA) is 43.4 Å². The van der Waals surface area contributed by atoms with Gasteiger partial charge in [-0.2, -0.15) is 0 Å². The summed E-state index contributed by atoms with van der Waals surface area (Å²) in [7, 11) is 0. The van der Waals surface area contributed by atoms with Crippen molar-refractivity contribution < 1.29 is 14.3 Å². The van der Waals surface area contributed by atoms with E-state index in [-0.39, 0.29) is 23.6 Å². The Bertz CT molecular complexity index is 738. The molecule has 1 saturated heterocycles. The van der Waals surface area contributed by atoms with Crippen molar-refractivity contribution in [1.29, 1.82) is 0 Å². The standard InChI is InChI=1S/C19H16O3/c1-12-15(13-8-4-2-5-9-13)19(12)17(20)16(22-18(19)21)14-10-6-3-7-11-14/h2-12,15-16H,1H3/t12-,15+,16?,19?/m0/s1. The van der Waals surface area contributed by atoms with E-state index < -0.39 is 11.5 Å². The zero-order valence-corrected chi connectivity index (χ0v) is 12.2. The number of Topliss-reactive ketones (excluding diaryl/α,β-unsaturated/α-hetero) is 1. The summed E-state index contributed by atoms with van der Waals surface area (Å²) in [6, 6.07) is 19.0. The summed E-state index contributed by atoms with van der Waals surface area (Å²) >= 11 is 0. The minimum absolute atomic E-state index is 0.0105. The molecule has 0 N–H and O–H groups in total. The van der Waals surface area contributed by atoms with Crippen molar-refractivity contribution in [1.82, 2.24) is 0 Å². The van der Waals surface area contributed by atoms with Crippen molar-refractivity contribution in [3.63, 3.8) is 0 Å². The summed E-state index contributed by atoms with van der Waals surface area (Å²) in [6.45, 7) is 1.96. The number of carbonyl (C=O) groups is 2. The molecule has 1 heterocycles. The van der Waals surface area contributed by atoms with Crippen molar-refractivity contribution >= 4 is 11.8 Å². The third-order valence-corrected chi connectivity index (χ3v) is 5.07. The maximum atomic E-state index is 12.9. The fraction of sp³-hybridized carbons (Fsp3) is 0.263. The number of hydrogen-bond acceptors (Lipinski definition) is 3. The lowest BCUT2D eigenvalue weighted by molar-refractivity contribution is -0.146. The van der Waals surface area contributed by atoms with Gasteiger partial charge in [-0.05, 0) is 11.5 Å². The predicted molar refractivity (Wildman–Crippen MR) is 81.1 cm³/mol. The van der Waals surface area contributed by atoms with Crippen molar-refractivity contribution in [3.05, 3.63) is 71.8 Å². The molecule has 3 nitrogen and oxygen atoms in total. The average Bonchev–Trinajstić information content (AvgIpc) is 3.11. The van der Waals surface area contributed by atoms with Crippen LogP contribution < -0.4 is 0 Å². The zero-order chi connectivity index (χ0) is 15.3. The summed E-state index contributed by atoms with van der Waals surface area (Å²) in [6.07, 6.45) is -0.759. The lowest BCUT2D eigenvalue weighted by atomic mass is 9.91. The van der Waals surface area contributed by atoms with Crippen LogP contribution in [-0.4, -0.2) is 11.8 Å². The van der Waals surface area contributed by atoms with Gasteiger partial charge in [0.05, 0.1) is 0 Å². The fourth-order valence-electron chi connectivity index (χ4n) is 3.89. The van der Waals surface area contributed by atoms with E-state index in [1.165, 1.54) is 0 Å². The normalized spacial score (nSPS) is 33.0. The molecule has 0 aromatic heterocycles. The number of hydrogen-bond donors (Lipinski definition) is 0. The Labute approximate surface area is 128 Å². The minimum atomic E-state index is -0.984. The van der Waals surface area contributed by atoms with Gasteiger partial charge in [0.1, 0.15) is 5.41 Å². The smallest absolute Gasteiger partial charge is 0.321 e. The number of cyclic esters (lactones) is 1. The van der Waals surface area contributed by atoms with E-state index in [0.717, 1.165) is 11.1 Å². The van der Waals surface area contributed by atoms with E-state index >= 15 is 0 Å². The molecule has 4 atom stereocenters. The maximum Gasteiger partial charge on any atom is 0.321 e. The second-order valence-corrected chi connectivity index (χ2v) is 6.11. The second-order valence-electron chi connectivity index (χ2n) is 6.11. The number of esters is 1. The number of rotatable bonds is 2. The van der Waals surface area contributed by atoms with Gasteiger partial charge >= 0.3 is 5.97 Å². The molecule has 22 heavy (non-hydrogen) atoms. The molecule has 1 aliphatic heterocycles. The van der Waals surface area contributed by atoms with Gasteiger partial charge in [-0.3, -0.25) is 9.59 Å². The average molecular weight is 292 g/mol. The highest BCUT2D eigenvalue weighted by molar-refractivity contribution is 6.15. The third-order valence-electron chi connectivity index (χ3n) is 5.07. The van der Waals surface area contributed by atoms with Crippen LogP contribution in [0, 0.1) is 11.3 Å². The molecule has 3 heteroatoms. The molecule has 1 spiro atoms. The SMILES string of the molecule is C[C@H]1[C@H](c2ccccc2)C12C(=O)OC(c1ccccc1)C2=O. The summed E-state index contributed by atoms with van der Waals surface area (Å²) in [4.78, 5) is 25.5. The van der Waals surface area contributed by atoms with E-state index in [2.05, 4.69) is 0 Å². The largest absolute Gasteiger partial charge is 0.449 e. The van der Waals surface area contributed by atoms with Gasteiger partial charge in [0.2, 0.25) is 0 Å². The summed E-state index contributed by atoms with van der Waals surface area (Å²) < 4.78 is 5.47. The highest BCUT2D eigenvalue weighted by atomic mass is 16.6. The van der Waals surface area contributed by atoms with Gasteiger partial charge < -0.3 is 4.74 Å². The van der Waals surface area contributed by atoms with Crippen LogP contribution in [0.15, 0.2) is 60.7 Å². The highest BCUT2D eigenvalue weighted by Crippen LogP contribution is 2.69. The molecule has 2 aliphatic rings. The lowest BCUT2D eigenvalue weighted by Gasteiger charge is -2.07. The fourth-order valence-corrected chi connectivity index (χ4v) is 3.89. The van der Waals surface area contributed by atoms with E-state index in [1.807, 2.05) is 67.6 Å². The van der Waals surface area contributed by atoms with Crippen LogP contribution >= 0.6 is 0 Å². The molecule has 2 fully saturated rings. The monoisotopic (exact) mass is 292 g/mol. The third kappa shape index (κ3) is 1.56. The van der Waals surface area contributed by atoms with Crippen LogP contribution in [0.3, 0.4) is 0 Å². The highest BCUT2D eigenvalue weighted by Gasteiger charge is 2.77. The van der Waals surface area contributed by atoms with Crippen LogP contribution in [0.25, 0.3) is 0 Å². The predicted octanol–water partition coefficient (Wildman–Crippen LogP) is 3.27. The van der Waals surface area contributed by atoms with Gasteiger partial charge in [0.25, 0.3) is 0 Å². The van der Waals surface area contributed by atoms with Crippen LogP contribution in [0.5, 0.6) is 0 Å². The minimum Gasteiger partial charge on any atom is -0.449 e. The van der Waals surface area contributed by atoms with Crippen molar-refractivity contribution in [3.8, 4) is 0 Å². The molecule has 2 aromatic rings. The Balaban J connectivity index is 1.72. The van der Waals surface area contributed by atoms with Gasteiger partial charge in [-0.1, -0.05) is 67.6 Å². The second kappa shape index (κ2) is 4.54. The first-order valence-electron chi connectivity index (χ1n) is 7.52. The number of ether oxygens (including phenoxy) is 1. The Morgan fingerprint density at radius 2 is 1.41 bits per heavy atom. The molecule has 0 amide bonds. The van der Waals surface area contributed by atoms with E-state index in [0.29, 0.717) is 0 Å². The molecule has 0 radical (unpaired) electrons. The van der Waals surface area contributed by atoms with Gasteiger partial charge in [-0.15, -0.1) is 0 Å². The Morgan fingerprint density at radius 3 is 2.00 bits per heavy atom. The number of benzene rings is 2. The van der Waals surface area contributed by atoms with Crippen LogP contribution in [0.2, 0.25) is 0 Å². The Morgan fingerprint density at radius 1 is 0.864 bits per heavy atom. The first-order valence-corrected chi connectivity index (χ1v) is 7.52. The molecular weight excluding hydrogens is 276 g/mol. The molecule has 110 valence electrons. The molecular formula is C19H16O3. The zero-order valence-electron chi connectivity index (χ0n) is 12.2. The summed E-state index contributed by atoms with van der Waals surface area (Å²) in [5, 5.41) is 0. The molecule has 1 saturated carbocycles. The molecule has 1 aliphatic carbocycles.